The van der Waals surface area contributed by atoms with Gasteiger partial charge in [-0.1, -0.05) is 41.3 Å². The zero-order valence-electron chi connectivity index (χ0n) is 10.6. The topological polar surface area (TPSA) is 55.1 Å². The summed E-state index contributed by atoms with van der Waals surface area (Å²) in [5, 5.41) is 2.97. The van der Waals surface area contributed by atoms with E-state index in [-0.39, 0.29) is 5.91 Å². The smallest absolute Gasteiger partial charge is 0.244 e. The second-order valence-electron chi connectivity index (χ2n) is 5.13. The van der Waals surface area contributed by atoms with E-state index < -0.39 is 5.54 Å². The fourth-order valence-corrected chi connectivity index (χ4v) is 2.75. The van der Waals surface area contributed by atoms with Crippen LogP contribution < -0.4 is 11.1 Å². The summed E-state index contributed by atoms with van der Waals surface area (Å²) in [6.07, 6.45) is 4.84. The summed E-state index contributed by atoms with van der Waals surface area (Å²) in [5.41, 5.74) is 7.41. The summed E-state index contributed by atoms with van der Waals surface area (Å²) < 4.78 is 0.957. The Morgan fingerprint density at radius 2 is 2.00 bits per heavy atom. The number of carbonyl (C=O) groups is 1. The van der Waals surface area contributed by atoms with Gasteiger partial charge in [-0.25, -0.2) is 0 Å². The molecule has 1 aliphatic carbocycles. The summed E-state index contributed by atoms with van der Waals surface area (Å²) in [4.78, 5) is 12.3. The standard InChI is InChI=1S/C14H19BrN2O/c1-10-5-6-11(15)9-12(10)17-13(18)14(16)7-3-2-4-8-14/h5-6,9H,2-4,7-8,16H2,1H3,(H,17,18). The van der Waals surface area contributed by atoms with E-state index in [0.29, 0.717) is 0 Å². The Bertz CT molecular complexity index is 453. The van der Waals surface area contributed by atoms with Gasteiger partial charge in [0.15, 0.2) is 0 Å². The fourth-order valence-electron chi connectivity index (χ4n) is 2.39. The van der Waals surface area contributed by atoms with E-state index >= 15 is 0 Å². The number of nitrogens with one attached hydrogen (secondary N) is 1. The normalized spacial score (nSPS) is 18.4. The molecule has 1 aromatic carbocycles. The monoisotopic (exact) mass is 310 g/mol. The van der Waals surface area contributed by atoms with Crippen LogP contribution in [0.2, 0.25) is 0 Å². The van der Waals surface area contributed by atoms with E-state index in [0.717, 1.165) is 41.4 Å². The van der Waals surface area contributed by atoms with Crippen LogP contribution in [-0.2, 0) is 4.79 Å². The third kappa shape index (κ3) is 2.93. The molecular formula is C14H19BrN2O. The van der Waals surface area contributed by atoms with Crippen LogP contribution in [0.25, 0.3) is 0 Å². The van der Waals surface area contributed by atoms with Crippen LogP contribution in [0, 0.1) is 6.92 Å². The van der Waals surface area contributed by atoms with Gasteiger partial charge >= 0.3 is 0 Å². The maximum atomic E-state index is 12.3. The molecule has 3 N–H and O–H groups in total. The van der Waals surface area contributed by atoms with Gasteiger partial charge in [0.05, 0.1) is 5.54 Å². The molecular weight excluding hydrogens is 292 g/mol. The van der Waals surface area contributed by atoms with Crippen LogP contribution in [-0.4, -0.2) is 11.4 Å². The second-order valence-corrected chi connectivity index (χ2v) is 6.05. The molecule has 3 nitrogen and oxygen atoms in total. The molecule has 4 heteroatoms. The quantitative estimate of drug-likeness (QED) is 0.880. The first-order valence-corrected chi connectivity index (χ1v) is 7.17. The Morgan fingerprint density at radius 3 is 2.67 bits per heavy atom. The number of rotatable bonds is 2. The first-order valence-electron chi connectivity index (χ1n) is 6.38. The molecule has 0 atom stereocenters. The largest absolute Gasteiger partial charge is 0.324 e. The van der Waals surface area contributed by atoms with E-state index in [2.05, 4.69) is 21.2 Å². The van der Waals surface area contributed by atoms with Crippen LogP contribution in [0.5, 0.6) is 0 Å². The molecule has 18 heavy (non-hydrogen) atoms. The lowest BCUT2D eigenvalue weighted by Crippen LogP contribution is -2.52. The predicted octanol–water partition coefficient (Wildman–Crippen LogP) is 3.36. The van der Waals surface area contributed by atoms with Crippen molar-refractivity contribution in [3.05, 3.63) is 28.2 Å². The zero-order valence-corrected chi connectivity index (χ0v) is 12.2. The van der Waals surface area contributed by atoms with Crippen molar-refractivity contribution in [3.63, 3.8) is 0 Å². The first kappa shape index (κ1) is 13.6. The minimum absolute atomic E-state index is 0.0524. The molecule has 1 aromatic rings. The average Bonchev–Trinajstić information content (AvgIpc) is 2.35. The maximum Gasteiger partial charge on any atom is 0.244 e. The Labute approximate surface area is 116 Å². The number of amides is 1. The Morgan fingerprint density at radius 1 is 1.33 bits per heavy atom. The lowest BCUT2D eigenvalue weighted by molar-refractivity contribution is -0.122. The van der Waals surface area contributed by atoms with Gasteiger partial charge in [0.1, 0.15) is 0 Å². The van der Waals surface area contributed by atoms with E-state index in [4.69, 9.17) is 5.73 Å². The third-order valence-corrected chi connectivity index (χ3v) is 4.14. The van der Waals surface area contributed by atoms with Crippen molar-refractivity contribution in [1.29, 1.82) is 0 Å². The lowest BCUT2D eigenvalue weighted by Gasteiger charge is -2.32. The van der Waals surface area contributed by atoms with Crippen LogP contribution in [0.1, 0.15) is 37.7 Å². The number of benzene rings is 1. The van der Waals surface area contributed by atoms with Crippen molar-refractivity contribution < 1.29 is 4.79 Å². The van der Waals surface area contributed by atoms with Gasteiger partial charge < -0.3 is 11.1 Å². The SMILES string of the molecule is Cc1ccc(Br)cc1NC(=O)C1(N)CCCCC1. The summed E-state index contributed by atoms with van der Waals surface area (Å²) in [7, 11) is 0. The third-order valence-electron chi connectivity index (χ3n) is 3.65. The molecule has 1 amide bonds. The molecule has 0 saturated heterocycles. The molecule has 0 heterocycles. The summed E-state index contributed by atoms with van der Waals surface area (Å²) in [6.45, 7) is 1.98. The molecule has 1 fully saturated rings. The van der Waals surface area contributed by atoms with Gasteiger partial charge in [-0.2, -0.15) is 0 Å². The van der Waals surface area contributed by atoms with E-state index in [1.54, 1.807) is 0 Å². The molecule has 2 rings (SSSR count). The van der Waals surface area contributed by atoms with Crippen molar-refractivity contribution in [1.82, 2.24) is 0 Å². The number of aryl methyl sites for hydroxylation is 1. The van der Waals surface area contributed by atoms with E-state index in [1.807, 2.05) is 25.1 Å². The Kier molecular flexibility index (Phi) is 4.07. The molecule has 0 bridgehead atoms. The molecule has 98 valence electrons. The van der Waals surface area contributed by atoms with Crippen molar-refractivity contribution in [3.8, 4) is 0 Å². The van der Waals surface area contributed by atoms with Gasteiger partial charge in [-0.05, 0) is 37.5 Å². The Hall–Kier alpha value is -0.870. The van der Waals surface area contributed by atoms with Gasteiger partial charge in [-0.15, -0.1) is 0 Å². The van der Waals surface area contributed by atoms with Crippen LogP contribution >= 0.6 is 15.9 Å². The summed E-state index contributed by atoms with van der Waals surface area (Å²) in [6, 6.07) is 5.85. The van der Waals surface area contributed by atoms with Gasteiger partial charge in [0.2, 0.25) is 5.91 Å². The van der Waals surface area contributed by atoms with E-state index in [9.17, 15) is 4.79 Å². The molecule has 0 radical (unpaired) electrons. The first-order chi connectivity index (χ1) is 8.51. The highest BCUT2D eigenvalue weighted by atomic mass is 79.9. The van der Waals surface area contributed by atoms with Crippen molar-refractivity contribution in [2.24, 2.45) is 5.73 Å². The zero-order chi connectivity index (χ0) is 13.2. The number of anilines is 1. The average molecular weight is 311 g/mol. The summed E-state index contributed by atoms with van der Waals surface area (Å²) >= 11 is 3.41. The number of nitrogens with two attached hydrogens (primary N) is 1. The molecule has 1 aliphatic rings. The van der Waals surface area contributed by atoms with Crippen LogP contribution in [0.4, 0.5) is 5.69 Å². The van der Waals surface area contributed by atoms with Gasteiger partial charge in [-0.3, -0.25) is 4.79 Å². The van der Waals surface area contributed by atoms with Crippen LogP contribution in [0.15, 0.2) is 22.7 Å². The van der Waals surface area contributed by atoms with Gasteiger partial charge in [0, 0.05) is 10.2 Å². The number of carbonyl (C=O) groups excluding carboxylic acids is 1. The predicted molar refractivity (Wildman–Crippen MR) is 77.5 cm³/mol. The molecule has 0 aromatic heterocycles. The van der Waals surface area contributed by atoms with E-state index in [1.165, 1.54) is 6.42 Å². The Balaban J connectivity index is 2.13. The minimum Gasteiger partial charge on any atom is -0.324 e. The minimum atomic E-state index is -0.687. The second kappa shape index (κ2) is 5.41. The number of hydrogen-bond donors (Lipinski definition) is 2. The molecule has 0 spiro atoms. The maximum absolute atomic E-state index is 12.3. The summed E-state index contributed by atoms with van der Waals surface area (Å²) in [5.74, 6) is -0.0524. The number of hydrogen-bond acceptors (Lipinski definition) is 2. The van der Waals surface area contributed by atoms with Crippen molar-refractivity contribution in [2.75, 3.05) is 5.32 Å². The lowest BCUT2D eigenvalue weighted by atomic mass is 9.82. The van der Waals surface area contributed by atoms with Gasteiger partial charge in [0.25, 0.3) is 0 Å². The molecule has 1 saturated carbocycles. The molecule has 0 aliphatic heterocycles. The van der Waals surface area contributed by atoms with Crippen molar-refractivity contribution >= 4 is 27.5 Å². The van der Waals surface area contributed by atoms with Crippen molar-refractivity contribution in [2.45, 2.75) is 44.6 Å². The molecule has 0 unspecified atom stereocenters. The highest BCUT2D eigenvalue weighted by molar-refractivity contribution is 9.10. The fraction of sp³-hybridized carbons (Fsp3) is 0.500. The number of halogens is 1. The highest BCUT2D eigenvalue weighted by Gasteiger charge is 2.35. The van der Waals surface area contributed by atoms with Crippen LogP contribution in [0.3, 0.4) is 0 Å². The highest BCUT2D eigenvalue weighted by Crippen LogP contribution is 2.28.